The van der Waals surface area contributed by atoms with Gasteiger partial charge in [-0.2, -0.15) is 0 Å². The summed E-state index contributed by atoms with van der Waals surface area (Å²) in [4.78, 5) is 2.61. The molecule has 0 aromatic carbocycles. The standard InChI is InChI=1S/C17H34N2O/c1-6-17(4,5)14-7-8-15(18)16(9-14)19-10-12(2)20-13(3)11-19/h12-16H,6-11,18H2,1-5H3/t12-,13+,14?,15?,16?. The summed E-state index contributed by atoms with van der Waals surface area (Å²) in [5, 5.41) is 0. The van der Waals surface area contributed by atoms with Crippen LogP contribution in [0.3, 0.4) is 0 Å². The Morgan fingerprint density at radius 2 is 1.75 bits per heavy atom. The fourth-order valence-electron chi connectivity index (χ4n) is 4.08. The van der Waals surface area contributed by atoms with Gasteiger partial charge in [-0.05, 0) is 44.4 Å². The fourth-order valence-corrected chi connectivity index (χ4v) is 4.08. The lowest BCUT2D eigenvalue weighted by molar-refractivity contribution is -0.0918. The highest BCUT2D eigenvalue weighted by molar-refractivity contribution is 4.95. The Bertz CT molecular complexity index is 308. The zero-order chi connectivity index (χ0) is 14.9. The van der Waals surface area contributed by atoms with Gasteiger partial charge in [0.25, 0.3) is 0 Å². The van der Waals surface area contributed by atoms with Gasteiger partial charge in [-0.1, -0.05) is 27.2 Å². The van der Waals surface area contributed by atoms with E-state index in [1.165, 1.54) is 25.7 Å². The van der Waals surface area contributed by atoms with Gasteiger partial charge in [0.05, 0.1) is 12.2 Å². The Morgan fingerprint density at radius 3 is 2.30 bits per heavy atom. The molecule has 2 fully saturated rings. The summed E-state index contributed by atoms with van der Waals surface area (Å²) in [6.45, 7) is 13.6. The van der Waals surface area contributed by atoms with Crippen molar-refractivity contribution in [2.24, 2.45) is 17.1 Å². The van der Waals surface area contributed by atoms with E-state index < -0.39 is 0 Å². The molecule has 0 aromatic rings. The van der Waals surface area contributed by atoms with E-state index in [1.54, 1.807) is 0 Å². The molecular formula is C17H34N2O. The molecule has 1 saturated heterocycles. The summed E-state index contributed by atoms with van der Waals surface area (Å²) in [5.74, 6) is 0.811. The van der Waals surface area contributed by atoms with Crippen molar-refractivity contribution in [2.45, 2.75) is 84.6 Å². The minimum absolute atomic E-state index is 0.338. The molecule has 0 aromatic heterocycles. The Balaban J connectivity index is 2.05. The van der Waals surface area contributed by atoms with Crippen molar-refractivity contribution in [1.82, 2.24) is 4.90 Å². The SMILES string of the molecule is CCC(C)(C)C1CCC(N)C(N2C[C@@H](C)O[C@@H](C)C2)C1. The second-order valence-electron chi connectivity index (χ2n) is 7.79. The first-order chi connectivity index (χ1) is 9.33. The van der Waals surface area contributed by atoms with Crippen LogP contribution < -0.4 is 5.73 Å². The van der Waals surface area contributed by atoms with E-state index in [2.05, 4.69) is 39.5 Å². The summed E-state index contributed by atoms with van der Waals surface area (Å²) in [6, 6.07) is 0.893. The van der Waals surface area contributed by atoms with E-state index in [4.69, 9.17) is 10.5 Å². The summed E-state index contributed by atoms with van der Waals surface area (Å²) >= 11 is 0. The minimum Gasteiger partial charge on any atom is -0.373 e. The molecule has 3 nitrogen and oxygen atoms in total. The van der Waals surface area contributed by atoms with Crippen LogP contribution >= 0.6 is 0 Å². The maximum atomic E-state index is 6.47. The summed E-state index contributed by atoms with van der Waals surface area (Å²) in [6.07, 6.45) is 5.68. The maximum Gasteiger partial charge on any atom is 0.0678 e. The van der Waals surface area contributed by atoms with Gasteiger partial charge in [0, 0.05) is 25.2 Å². The lowest BCUT2D eigenvalue weighted by Gasteiger charge is -2.48. The van der Waals surface area contributed by atoms with Crippen molar-refractivity contribution in [3.8, 4) is 0 Å². The molecule has 118 valence electrons. The van der Waals surface area contributed by atoms with Crippen molar-refractivity contribution < 1.29 is 4.74 Å². The Hall–Kier alpha value is -0.120. The van der Waals surface area contributed by atoms with E-state index in [0.717, 1.165) is 19.0 Å². The summed E-state index contributed by atoms with van der Waals surface area (Å²) < 4.78 is 5.88. The van der Waals surface area contributed by atoms with E-state index in [-0.39, 0.29) is 0 Å². The van der Waals surface area contributed by atoms with Gasteiger partial charge in [0.1, 0.15) is 0 Å². The molecule has 1 aliphatic carbocycles. The zero-order valence-electron chi connectivity index (χ0n) is 14.1. The van der Waals surface area contributed by atoms with Crippen LogP contribution in [0.15, 0.2) is 0 Å². The topological polar surface area (TPSA) is 38.5 Å². The third-order valence-electron chi connectivity index (χ3n) is 5.80. The number of nitrogens with two attached hydrogens (primary N) is 1. The predicted octanol–water partition coefficient (Wildman–Crippen LogP) is 3.03. The first kappa shape index (κ1) is 16.3. The molecule has 0 spiro atoms. The lowest BCUT2D eigenvalue weighted by Crippen LogP contribution is -2.58. The molecular weight excluding hydrogens is 248 g/mol. The van der Waals surface area contributed by atoms with Crippen LogP contribution in [-0.2, 0) is 4.74 Å². The van der Waals surface area contributed by atoms with Crippen molar-refractivity contribution in [3.63, 3.8) is 0 Å². The van der Waals surface area contributed by atoms with E-state index in [1.807, 2.05) is 0 Å². The Labute approximate surface area is 125 Å². The van der Waals surface area contributed by atoms with Crippen molar-refractivity contribution in [1.29, 1.82) is 0 Å². The molecule has 2 rings (SSSR count). The smallest absolute Gasteiger partial charge is 0.0678 e. The largest absolute Gasteiger partial charge is 0.373 e. The monoisotopic (exact) mass is 282 g/mol. The molecule has 0 radical (unpaired) electrons. The zero-order valence-corrected chi connectivity index (χ0v) is 14.1. The molecule has 3 unspecified atom stereocenters. The Morgan fingerprint density at radius 1 is 1.15 bits per heavy atom. The molecule has 1 heterocycles. The molecule has 3 heteroatoms. The highest BCUT2D eigenvalue weighted by Crippen LogP contribution is 2.41. The molecule has 0 bridgehead atoms. The predicted molar refractivity (Wildman–Crippen MR) is 84.8 cm³/mol. The second-order valence-corrected chi connectivity index (χ2v) is 7.79. The normalized spacial score (nSPS) is 40.8. The molecule has 2 N–H and O–H groups in total. The molecule has 1 saturated carbocycles. The van der Waals surface area contributed by atoms with Crippen LogP contribution in [0.25, 0.3) is 0 Å². The van der Waals surface area contributed by atoms with Gasteiger partial charge in [0.2, 0.25) is 0 Å². The van der Waals surface area contributed by atoms with E-state index in [0.29, 0.717) is 29.7 Å². The molecule has 5 atom stereocenters. The van der Waals surface area contributed by atoms with Gasteiger partial charge in [-0.25, -0.2) is 0 Å². The number of nitrogens with zero attached hydrogens (tertiary/aromatic N) is 1. The average Bonchev–Trinajstić information content (AvgIpc) is 2.37. The molecule has 2 aliphatic rings. The van der Waals surface area contributed by atoms with Gasteiger partial charge in [-0.3, -0.25) is 4.90 Å². The Kier molecular flexibility index (Phi) is 5.14. The van der Waals surface area contributed by atoms with Gasteiger partial charge in [-0.15, -0.1) is 0 Å². The fraction of sp³-hybridized carbons (Fsp3) is 1.00. The molecule has 20 heavy (non-hydrogen) atoms. The second kappa shape index (κ2) is 6.33. The first-order valence-electron chi connectivity index (χ1n) is 8.48. The van der Waals surface area contributed by atoms with Gasteiger partial charge in [0.15, 0.2) is 0 Å². The highest BCUT2D eigenvalue weighted by Gasteiger charge is 2.39. The first-order valence-corrected chi connectivity index (χ1v) is 8.48. The maximum absolute atomic E-state index is 6.47. The van der Waals surface area contributed by atoms with Crippen LogP contribution in [0.2, 0.25) is 0 Å². The number of ether oxygens (including phenoxy) is 1. The van der Waals surface area contributed by atoms with Crippen molar-refractivity contribution in [3.05, 3.63) is 0 Å². The number of morpholine rings is 1. The summed E-state index contributed by atoms with van der Waals surface area (Å²) in [5.41, 5.74) is 6.91. The van der Waals surface area contributed by atoms with Crippen LogP contribution in [0.5, 0.6) is 0 Å². The van der Waals surface area contributed by atoms with Crippen LogP contribution in [0.4, 0.5) is 0 Å². The number of hydrogen-bond acceptors (Lipinski definition) is 3. The highest BCUT2D eigenvalue weighted by atomic mass is 16.5. The quantitative estimate of drug-likeness (QED) is 0.864. The van der Waals surface area contributed by atoms with Crippen LogP contribution in [-0.4, -0.2) is 42.3 Å². The van der Waals surface area contributed by atoms with Gasteiger partial charge < -0.3 is 10.5 Å². The number of rotatable bonds is 3. The summed E-state index contributed by atoms with van der Waals surface area (Å²) in [7, 11) is 0. The van der Waals surface area contributed by atoms with E-state index >= 15 is 0 Å². The minimum atomic E-state index is 0.338. The molecule has 1 aliphatic heterocycles. The van der Waals surface area contributed by atoms with Crippen molar-refractivity contribution >= 4 is 0 Å². The lowest BCUT2D eigenvalue weighted by atomic mass is 9.67. The van der Waals surface area contributed by atoms with E-state index in [9.17, 15) is 0 Å². The average molecular weight is 282 g/mol. The third-order valence-corrected chi connectivity index (χ3v) is 5.80. The van der Waals surface area contributed by atoms with Crippen LogP contribution in [0, 0.1) is 11.3 Å². The third kappa shape index (κ3) is 3.55. The van der Waals surface area contributed by atoms with Crippen molar-refractivity contribution in [2.75, 3.05) is 13.1 Å². The molecule has 0 amide bonds. The number of hydrogen-bond donors (Lipinski definition) is 1. The van der Waals surface area contributed by atoms with Gasteiger partial charge >= 0.3 is 0 Å². The van der Waals surface area contributed by atoms with Crippen LogP contribution in [0.1, 0.15) is 60.3 Å².